The Bertz CT molecular complexity index is 707. The van der Waals surface area contributed by atoms with Gasteiger partial charge in [-0.05, 0) is 36.8 Å². The molecule has 5 nitrogen and oxygen atoms in total. The maximum Gasteiger partial charge on any atom is 0.387 e. The zero-order valence-electron chi connectivity index (χ0n) is 14.1. The van der Waals surface area contributed by atoms with Crippen molar-refractivity contribution < 1.29 is 27.8 Å². The first-order valence-electron chi connectivity index (χ1n) is 7.49. The number of nitrogens with one attached hydrogen (secondary N) is 1. The number of carbonyl (C=O) groups is 1. The van der Waals surface area contributed by atoms with Gasteiger partial charge in [0.1, 0.15) is 17.2 Å². The summed E-state index contributed by atoms with van der Waals surface area (Å²) in [5.74, 6) is 0.874. The van der Waals surface area contributed by atoms with Crippen LogP contribution < -0.4 is 19.5 Å². The van der Waals surface area contributed by atoms with Crippen LogP contribution in [-0.4, -0.2) is 26.7 Å². The van der Waals surface area contributed by atoms with Crippen LogP contribution in [-0.2, 0) is 6.54 Å². The molecule has 7 heteroatoms. The van der Waals surface area contributed by atoms with Gasteiger partial charge in [0.2, 0.25) is 0 Å². The van der Waals surface area contributed by atoms with Gasteiger partial charge in [0.15, 0.2) is 0 Å². The lowest BCUT2D eigenvalue weighted by atomic mass is 10.1. The molecule has 0 saturated heterocycles. The highest BCUT2D eigenvalue weighted by molar-refractivity contribution is 5.95. The highest BCUT2D eigenvalue weighted by Crippen LogP contribution is 2.29. The second-order valence-electron chi connectivity index (χ2n) is 5.21. The molecule has 0 aliphatic rings. The summed E-state index contributed by atoms with van der Waals surface area (Å²) in [5.41, 5.74) is 1.95. The molecular formula is C18H19F2NO4. The number of carbonyl (C=O) groups excluding carboxylic acids is 1. The van der Waals surface area contributed by atoms with E-state index in [1.165, 1.54) is 26.4 Å². The standard InChI is InChI=1S/C18H19F2NO4/c1-11-15(23-2)8-13(9-16(11)24-3)17(22)21-10-12-4-6-14(7-5-12)25-18(19)20/h4-9,18H,10H2,1-3H3,(H,21,22). The molecule has 0 aliphatic heterocycles. The predicted octanol–water partition coefficient (Wildman–Crippen LogP) is 3.54. The number of benzene rings is 2. The van der Waals surface area contributed by atoms with Crippen LogP contribution in [0.3, 0.4) is 0 Å². The number of amides is 1. The van der Waals surface area contributed by atoms with E-state index in [9.17, 15) is 13.6 Å². The molecule has 0 aliphatic carbocycles. The van der Waals surface area contributed by atoms with E-state index in [0.717, 1.165) is 11.1 Å². The summed E-state index contributed by atoms with van der Waals surface area (Å²) < 4.78 is 39.0. The summed E-state index contributed by atoms with van der Waals surface area (Å²) in [6, 6.07) is 9.32. The predicted molar refractivity (Wildman–Crippen MR) is 88.5 cm³/mol. The number of methoxy groups -OCH3 is 2. The van der Waals surface area contributed by atoms with Crippen LogP contribution in [0.5, 0.6) is 17.2 Å². The molecule has 134 valence electrons. The maximum absolute atomic E-state index is 12.3. The van der Waals surface area contributed by atoms with Crippen molar-refractivity contribution in [1.29, 1.82) is 0 Å². The average Bonchev–Trinajstić information content (AvgIpc) is 2.60. The lowest BCUT2D eigenvalue weighted by Gasteiger charge is -2.13. The topological polar surface area (TPSA) is 56.8 Å². The molecule has 0 bridgehead atoms. The van der Waals surface area contributed by atoms with Gasteiger partial charge in [0.05, 0.1) is 14.2 Å². The van der Waals surface area contributed by atoms with Crippen molar-refractivity contribution in [1.82, 2.24) is 5.32 Å². The quantitative estimate of drug-likeness (QED) is 0.829. The van der Waals surface area contributed by atoms with E-state index in [1.54, 1.807) is 24.3 Å². The van der Waals surface area contributed by atoms with Gasteiger partial charge in [-0.1, -0.05) is 12.1 Å². The first-order valence-corrected chi connectivity index (χ1v) is 7.49. The Balaban J connectivity index is 2.05. The van der Waals surface area contributed by atoms with E-state index >= 15 is 0 Å². The van der Waals surface area contributed by atoms with E-state index < -0.39 is 6.61 Å². The minimum Gasteiger partial charge on any atom is -0.496 e. The highest BCUT2D eigenvalue weighted by Gasteiger charge is 2.13. The number of alkyl halides is 2. The van der Waals surface area contributed by atoms with E-state index in [-0.39, 0.29) is 18.2 Å². The Morgan fingerprint density at radius 1 is 1.08 bits per heavy atom. The van der Waals surface area contributed by atoms with E-state index in [4.69, 9.17) is 9.47 Å². The average molecular weight is 351 g/mol. The molecule has 1 N–H and O–H groups in total. The van der Waals surface area contributed by atoms with Gasteiger partial charge in [-0.25, -0.2) is 0 Å². The summed E-state index contributed by atoms with van der Waals surface area (Å²) in [7, 11) is 3.04. The zero-order valence-corrected chi connectivity index (χ0v) is 14.1. The molecule has 0 spiro atoms. The van der Waals surface area contributed by atoms with Crippen molar-refractivity contribution in [3.05, 3.63) is 53.1 Å². The van der Waals surface area contributed by atoms with Crippen LogP contribution in [0.1, 0.15) is 21.5 Å². The maximum atomic E-state index is 12.3. The van der Waals surface area contributed by atoms with Crippen LogP contribution in [0.2, 0.25) is 0 Å². The van der Waals surface area contributed by atoms with Crippen molar-refractivity contribution in [2.45, 2.75) is 20.1 Å². The molecule has 0 fully saturated rings. The number of rotatable bonds is 7. The van der Waals surface area contributed by atoms with Crippen LogP contribution in [0.4, 0.5) is 8.78 Å². The Morgan fingerprint density at radius 3 is 2.12 bits per heavy atom. The summed E-state index contributed by atoms with van der Waals surface area (Å²) in [6.45, 7) is -0.786. The van der Waals surface area contributed by atoms with Crippen molar-refractivity contribution in [2.75, 3.05) is 14.2 Å². The smallest absolute Gasteiger partial charge is 0.387 e. The fourth-order valence-corrected chi connectivity index (χ4v) is 2.29. The van der Waals surface area contributed by atoms with E-state index in [1.807, 2.05) is 6.92 Å². The fourth-order valence-electron chi connectivity index (χ4n) is 2.29. The second kappa shape index (κ2) is 8.32. The third kappa shape index (κ3) is 4.82. The molecule has 25 heavy (non-hydrogen) atoms. The summed E-state index contributed by atoms with van der Waals surface area (Å²) in [5, 5.41) is 2.76. The fraction of sp³-hybridized carbons (Fsp3) is 0.278. The van der Waals surface area contributed by atoms with Crippen LogP contribution in [0, 0.1) is 6.92 Å². The molecule has 2 rings (SSSR count). The molecule has 1 amide bonds. The lowest BCUT2D eigenvalue weighted by Crippen LogP contribution is -2.23. The normalized spacial score (nSPS) is 10.5. The SMILES string of the molecule is COc1cc(C(=O)NCc2ccc(OC(F)F)cc2)cc(OC)c1C. The van der Waals surface area contributed by atoms with Gasteiger partial charge in [-0.15, -0.1) is 0 Å². The first-order chi connectivity index (χ1) is 11.9. The molecular weight excluding hydrogens is 332 g/mol. The van der Waals surface area contributed by atoms with Crippen LogP contribution in [0.15, 0.2) is 36.4 Å². The summed E-state index contributed by atoms with van der Waals surface area (Å²) in [6.07, 6.45) is 0. The molecule has 0 saturated carbocycles. The first kappa shape index (κ1) is 18.5. The largest absolute Gasteiger partial charge is 0.496 e. The Morgan fingerprint density at radius 2 is 1.64 bits per heavy atom. The van der Waals surface area contributed by atoms with Crippen molar-refractivity contribution in [3.8, 4) is 17.2 Å². The van der Waals surface area contributed by atoms with Crippen molar-refractivity contribution >= 4 is 5.91 Å². The minimum absolute atomic E-state index is 0.0677. The molecule has 0 radical (unpaired) electrons. The van der Waals surface area contributed by atoms with Crippen molar-refractivity contribution in [3.63, 3.8) is 0 Å². The van der Waals surface area contributed by atoms with Gasteiger partial charge >= 0.3 is 6.61 Å². The summed E-state index contributed by atoms with van der Waals surface area (Å²) >= 11 is 0. The third-order valence-electron chi connectivity index (χ3n) is 3.62. The minimum atomic E-state index is -2.86. The van der Waals surface area contributed by atoms with Crippen LogP contribution in [0.25, 0.3) is 0 Å². The van der Waals surface area contributed by atoms with E-state index in [2.05, 4.69) is 10.1 Å². The highest BCUT2D eigenvalue weighted by atomic mass is 19.3. The van der Waals surface area contributed by atoms with Gasteiger partial charge in [-0.3, -0.25) is 4.79 Å². The Labute approximate surface area is 144 Å². The van der Waals surface area contributed by atoms with Gasteiger partial charge < -0.3 is 19.5 Å². The summed E-state index contributed by atoms with van der Waals surface area (Å²) in [4.78, 5) is 12.3. The Hall–Kier alpha value is -2.83. The number of hydrogen-bond donors (Lipinski definition) is 1. The van der Waals surface area contributed by atoms with Gasteiger partial charge in [0.25, 0.3) is 5.91 Å². The monoisotopic (exact) mass is 351 g/mol. The number of ether oxygens (including phenoxy) is 3. The number of halogens is 2. The number of hydrogen-bond acceptors (Lipinski definition) is 4. The molecule has 0 unspecified atom stereocenters. The molecule has 2 aromatic carbocycles. The van der Waals surface area contributed by atoms with Crippen molar-refractivity contribution in [2.24, 2.45) is 0 Å². The van der Waals surface area contributed by atoms with E-state index in [0.29, 0.717) is 17.1 Å². The third-order valence-corrected chi connectivity index (χ3v) is 3.62. The molecule has 0 atom stereocenters. The van der Waals surface area contributed by atoms with Gasteiger partial charge in [0, 0.05) is 17.7 Å². The van der Waals surface area contributed by atoms with Crippen LogP contribution >= 0.6 is 0 Å². The lowest BCUT2D eigenvalue weighted by molar-refractivity contribution is -0.0498. The van der Waals surface area contributed by atoms with Gasteiger partial charge in [-0.2, -0.15) is 8.78 Å². The molecule has 0 aromatic heterocycles. The zero-order chi connectivity index (χ0) is 18.4. The molecule has 2 aromatic rings. The molecule has 0 heterocycles. The Kier molecular flexibility index (Phi) is 6.16. The second-order valence-corrected chi connectivity index (χ2v) is 5.21.